The molecule has 0 aliphatic heterocycles. The van der Waals surface area contributed by atoms with Gasteiger partial charge in [0.25, 0.3) is 0 Å². The predicted molar refractivity (Wildman–Crippen MR) is 95.9 cm³/mol. The SMILES string of the molecule is CC(C)N(CC1CC1)c1ccc(Br)cc1CNC(C)(C)C. The summed E-state index contributed by atoms with van der Waals surface area (Å²) < 4.78 is 1.16. The van der Waals surface area contributed by atoms with Gasteiger partial charge in [0.15, 0.2) is 0 Å². The van der Waals surface area contributed by atoms with Crippen LogP contribution in [0.5, 0.6) is 0 Å². The van der Waals surface area contributed by atoms with Crippen molar-refractivity contribution in [2.24, 2.45) is 5.92 Å². The van der Waals surface area contributed by atoms with Crippen LogP contribution < -0.4 is 10.2 Å². The van der Waals surface area contributed by atoms with E-state index in [1.165, 1.54) is 30.6 Å². The average Bonchev–Trinajstić information content (AvgIpc) is 3.17. The third kappa shape index (κ3) is 5.30. The fourth-order valence-electron chi connectivity index (χ4n) is 2.50. The zero-order chi connectivity index (χ0) is 15.6. The Balaban J connectivity index is 2.22. The summed E-state index contributed by atoms with van der Waals surface area (Å²) in [6, 6.07) is 7.24. The predicted octanol–water partition coefficient (Wildman–Crippen LogP) is 4.96. The minimum atomic E-state index is 0.138. The van der Waals surface area contributed by atoms with Gasteiger partial charge in [-0.15, -0.1) is 0 Å². The van der Waals surface area contributed by atoms with Gasteiger partial charge in [0.05, 0.1) is 0 Å². The first-order valence-electron chi connectivity index (χ1n) is 8.06. The van der Waals surface area contributed by atoms with Gasteiger partial charge in [-0.2, -0.15) is 0 Å². The van der Waals surface area contributed by atoms with Crippen molar-refractivity contribution in [2.45, 2.75) is 65.6 Å². The summed E-state index contributed by atoms with van der Waals surface area (Å²) in [6.07, 6.45) is 2.80. The Kier molecular flexibility index (Phi) is 5.37. The molecule has 118 valence electrons. The van der Waals surface area contributed by atoms with Gasteiger partial charge in [-0.3, -0.25) is 0 Å². The normalized spacial score (nSPS) is 15.6. The molecule has 1 aliphatic rings. The number of nitrogens with one attached hydrogen (secondary N) is 1. The second-order valence-corrected chi connectivity index (χ2v) is 8.48. The van der Waals surface area contributed by atoms with E-state index in [1.54, 1.807) is 0 Å². The molecule has 0 spiro atoms. The van der Waals surface area contributed by atoms with Gasteiger partial charge < -0.3 is 10.2 Å². The van der Waals surface area contributed by atoms with Crippen LogP contribution in [0.15, 0.2) is 22.7 Å². The Morgan fingerprint density at radius 3 is 2.48 bits per heavy atom. The number of hydrogen-bond acceptors (Lipinski definition) is 2. The highest BCUT2D eigenvalue weighted by Crippen LogP contribution is 2.34. The maximum atomic E-state index is 3.62. The Hall–Kier alpha value is -0.540. The van der Waals surface area contributed by atoms with Gasteiger partial charge in [-0.1, -0.05) is 15.9 Å². The number of halogens is 1. The van der Waals surface area contributed by atoms with E-state index in [2.05, 4.69) is 79.0 Å². The van der Waals surface area contributed by atoms with E-state index >= 15 is 0 Å². The van der Waals surface area contributed by atoms with E-state index in [4.69, 9.17) is 0 Å². The molecular formula is C18H29BrN2. The molecule has 2 rings (SSSR count). The largest absolute Gasteiger partial charge is 0.369 e. The van der Waals surface area contributed by atoms with E-state index in [-0.39, 0.29) is 5.54 Å². The molecule has 1 aliphatic carbocycles. The van der Waals surface area contributed by atoms with Crippen molar-refractivity contribution in [2.75, 3.05) is 11.4 Å². The van der Waals surface area contributed by atoms with Crippen molar-refractivity contribution < 1.29 is 0 Å². The van der Waals surface area contributed by atoms with Crippen molar-refractivity contribution in [3.8, 4) is 0 Å². The summed E-state index contributed by atoms with van der Waals surface area (Å²) in [6.45, 7) is 13.4. The van der Waals surface area contributed by atoms with Crippen LogP contribution in [-0.2, 0) is 6.54 Å². The third-order valence-corrected chi connectivity index (χ3v) is 4.43. The lowest BCUT2D eigenvalue weighted by Crippen LogP contribution is -2.37. The Bertz CT molecular complexity index is 473. The minimum Gasteiger partial charge on any atom is -0.369 e. The van der Waals surface area contributed by atoms with Crippen molar-refractivity contribution in [3.63, 3.8) is 0 Å². The molecule has 2 nitrogen and oxygen atoms in total. The molecule has 1 N–H and O–H groups in total. The first kappa shape index (κ1) is 16.8. The van der Waals surface area contributed by atoms with Crippen LogP contribution in [0.4, 0.5) is 5.69 Å². The van der Waals surface area contributed by atoms with E-state index in [1.807, 2.05) is 0 Å². The summed E-state index contributed by atoms with van der Waals surface area (Å²) in [5.74, 6) is 0.902. The number of anilines is 1. The second kappa shape index (κ2) is 6.70. The van der Waals surface area contributed by atoms with Gasteiger partial charge >= 0.3 is 0 Å². The highest BCUT2D eigenvalue weighted by Gasteiger charge is 2.26. The summed E-state index contributed by atoms with van der Waals surface area (Å²) in [4.78, 5) is 2.57. The van der Waals surface area contributed by atoms with Crippen LogP contribution in [0, 0.1) is 5.92 Å². The first-order chi connectivity index (χ1) is 9.76. The Labute approximate surface area is 138 Å². The molecule has 0 bridgehead atoms. The van der Waals surface area contributed by atoms with E-state index in [0.29, 0.717) is 6.04 Å². The van der Waals surface area contributed by atoms with Gasteiger partial charge in [0.2, 0.25) is 0 Å². The fraction of sp³-hybridized carbons (Fsp3) is 0.667. The smallest absolute Gasteiger partial charge is 0.0415 e. The third-order valence-electron chi connectivity index (χ3n) is 3.94. The fourth-order valence-corrected chi connectivity index (χ4v) is 2.91. The van der Waals surface area contributed by atoms with Crippen LogP contribution in [0.25, 0.3) is 0 Å². The molecule has 0 heterocycles. The molecule has 1 aromatic carbocycles. The van der Waals surface area contributed by atoms with E-state index < -0.39 is 0 Å². The molecule has 0 radical (unpaired) electrons. The lowest BCUT2D eigenvalue weighted by Gasteiger charge is -2.32. The molecule has 0 unspecified atom stereocenters. The van der Waals surface area contributed by atoms with Crippen LogP contribution in [0.2, 0.25) is 0 Å². The van der Waals surface area contributed by atoms with Crippen molar-refractivity contribution >= 4 is 21.6 Å². The number of benzene rings is 1. The zero-order valence-electron chi connectivity index (χ0n) is 14.0. The maximum absolute atomic E-state index is 3.62. The molecule has 1 aromatic rings. The van der Waals surface area contributed by atoms with Gasteiger partial charge in [-0.05, 0) is 77.1 Å². The summed E-state index contributed by atoms with van der Waals surface area (Å²) in [5, 5.41) is 3.62. The van der Waals surface area contributed by atoms with Crippen LogP contribution in [-0.4, -0.2) is 18.1 Å². The summed E-state index contributed by atoms with van der Waals surface area (Å²) in [7, 11) is 0. The van der Waals surface area contributed by atoms with Gasteiger partial charge in [0, 0.05) is 34.8 Å². The monoisotopic (exact) mass is 352 g/mol. The molecule has 1 fully saturated rings. The van der Waals surface area contributed by atoms with Crippen LogP contribution >= 0.6 is 15.9 Å². The minimum absolute atomic E-state index is 0.138. The number of rotatable bonds is 6. The lowest BCUT2D eigenvalue weighted by atomic mass is 10.1. The molecular weight excluding hydrogens is 324 g/mol. The standard InChI is InChI=1S/C18H29BrN2/c1-13(2)21(12-14-6-7-14)17-9-8-16(19)10-15(17)11-20-18(3,4)5/h8-10,13-14,20H,6-7,11-12H2,1-5H3. The number of nitrogens with zero attached hydrogens (tertiary/aromatic N) is 1. The van der Waals surface area contributed by atoms with E-state index in [0.717, 1.165) is 16.9 Å². The molecule has 0 amide bonds. The molecule has 1 saturated carbocycles. The zero-order valence-corrected chi connectivity index (χ0v) is 15.6. The first-order valence-corrected chi connectivity index (χ1v) is 8.85. The topological polar surface area (TPSA) is 15.3 Å². The molecule has 21 heavy (non-hydrogen) atoms. The van der Waals surface area contributed by atoms with Crippen LogP contribution in [0.3, 0.4) is 0 Å². The summed E-state index contributed by atoms with van der Waals surface area (Å²) >= 11 is 3.62. The Morgan fingerprint density at radius 1 is 1.29 bits per heavy atom. The highest BCUT2D eigenvalue weighted by atomic mass is 79.9. The van der Waals surface area contributed by atoms with Gasteiger partial charge in [-0.25, -0.2) is 0 Å². The van der Waals surface area contributed by atoms with Gasteiger partial charge in [0.1, 0.15) is 0 Å². The maximum Gasteiger partial charge on any atom is 0.0415 e. The Morgan fingerprint density at radius 2 is 1.95 bits per heavy atom. The van der Waals surface area contributed by atoms with Crippen molar-refractivity contribution in [3.05, 3.63) is 28.2 Å². The molecule has 3 heteroatoms. The summed E-state index contributed by atoms with van der Waals surface area (Å²) in [5.41, 5.74) is 2.91. The van der Waals surface area contributed by atoms with Crippen molar-refractivity contribution in [1.29, 1.82) is 0 Å². The van der Waals surface area contributed by atoms with Crippen LogP contribution in [0.1, 0.15) is 53.0 Å². The average molecular weight is 353 g/mol. The number of hydrogen-bond donors (Lipinski definition) is 1. The highest BCUT2D eigenvalue weighted by molar-refractivity contribution is 9.10. The molecule has 0 atom stereocenters. The molecule has 0 saturated heterocycles. The molecule has 0 aromatic heterocycles. The quantitative estimate of drug-likeness (QED) is 0.777. The van der Waals surface area contributed by atoms with E-state index in [9.17, 15) is 0 Å². The second-order valence-electron chi connectivity index (χ2n) is 7.57. The van der Waals surface area contributed by atoms with Crippen molar-refractivity contribution in [1.82, 2.24) is 5.32 Å². The lowest BCUT2D eigenvalue weighted by molar-refractivity contribution is 0.424.